The number of anilines is 1. The summed E-state index contributed by atoms with van der Waals surface area (Å²) in [6, 6.07) is 6.09. The predicted molar refractivity (Wildman–Crippen MR) is 81.5 cm³/mol. The highest BCUT2D eigenvalue weighted by molar-refractivity contribution is 7.80. The normalized spacial score (nSPS) is 29.6. The fourth-order valence-corrected chi connectivity index (χ4v) is 3.86. The minimum absolute atomic E-state index is 0.132. The molecule has 102 valence electrons. The third-order valence-electron chi connectivity index (χ3n) is 4.64. The minimum atomic E-state index is -0.132. The number of aryl methyl sites for hydroxylation is 1. The molecule has 0 bridgehead atoms. The van der Waals surface area contributed by atoms with E-state index in [9.17, 15) is 5.11 Å². The van der Waals surface area contributed by atoms with E-state index in [4.69, 9.17) is 18.0 Å². The zero-order valence-electron chi connectivity index (χ0n) is 11.2. The lowest BCUT2D eigenvalue weighted by Crippen LogP contribution is -2.27. The monoisotopic (exact) mass is 276 g/mol. The van der Waals surface area contributed by atoms with Gasteiger partial charge in [-0.25, -0.2) is 0 Å². The molecule has 0 aromatic heterocycles. The highest BCUT2D eigenvalue weighted by atomic mass is 32.1. The third kappa shape index (κ3) is 2.13. The molecule has 1 saturated heterocycles. The first-order valence-electron chi connectivity index (χ1n) is 6.90. The molecule has 2 aliphatic rings. The molecular weight excluding hydrogens is 256 g/mol. The first kappa shape index (κ1) is 12.9. The Labute approximate surface area is 119 Å². The SMILES string of the molecule is Cc1cccc(C(N)=S)c1N1CC2CCC(O)C2C1. The van der Waals surface area contributed by atoms with E-state index in [0.717, 1.165) is 37.2 Å². The van der Waals surface area contributed by atoms with Gasteiger partial charge < -0.3 is 15.7 Å². The number of aliphatic hydroxyl groups is 1. The minimum Gasteiger partial charge on any atom is -0.393 e. The van der Waals surface area contributed by atoms with Crippen molar-refractivity contribution in [1.82, 2.24) is 0 Å². The molecule has 1 aliphatic heterocycles. The maximum absolute atomic E-state index is 10.0. The number of aliphatic hydroxyl groups excluding tert-OH is 1. The Hall–Kier alpha value is -1.13. The van der Waals surface area contributed by atoms with Gasteiger partial charge in [0, 0.05) is 30.3 Å². The molecular formula is C15H20N2OS. The third-order valence-corrected chi connectivity index (χ3v) is 4.86. The molecule has 1 heterocycles. The second-order valence-electron chi connectivity index (χ2n) is 5.81. The van der Waals surface area contributed by atoms with Crippen molar-refractivity contribution >= 4 is 22.9 Å². The van der Waals surface area contributed by atoms with Gasteiger partial charge in [-0.15, -0.1) is 0 Å². The van der Waals surface area contributed by atoms with E-state index in [1.165, 1.54) is 5.56 Å². The van der Waals surface area contributed by atoms with Crippen LogP contribution >= 0.6 is 12.2 Å². The Morgan fingerprint density at radius 3 is 2.84 bits per heavy atom. The lowest BCUT2D eigenvalue weighted by molar-refractivity contribution is 0.133. The molecule has 3 N–H and O–H groups in total. The Kier molecular flexibility index (Phi) is 3.23. The number of nitrogens with zero attached hydrogens (tertiary/aromatic N) is 1. The number of thiocarbonyl (C=S) groups is 1. The van der Waals surface area contributed by atoms with Crippen LogP contribution < -0.4 is 10.6 Å². The molecule has 2 fully saturated rings. The van der Waals surface area contributed by atoms with Crippen LogP contribution in [0.1, 0.15) is 24.0 Å². The predicted octanol–water partition coefficient (Wildman–Crippen LogP) is 1.84. The van der Waals surface area contributed by atoms with Crippen molar-refractivity contribution in [1.29, 1.82) is 0 Å². The Morgan fingerprint density at radius 1 is 1.37 bits per heavy atom. The topological polar surface area (TPSA) is 49.5 Å². The molecule has 4 heteroatoms. The van der Waals surface area contributed by atoms with Crippen LogP contribution in [0.15, 0.2) is 18.2 Å². The van der Waals surface area contributed by atoms with E-state index in [2.05, 4.69) is 17.9 Å². The van der Waals surface area contributed by atoms with Crippen LogP contribution in [0, 0.1) is 18.8 Å². The van der Waals surface area contributed by atoms with E-state index in [1.54, 1.807) is 0 Å². The molecule has 1 aliphatic carbocycles. The summed E-state index contributed by atoms with van der Waals surface area (Å²) < 4.78 is 0. The molecule has 0 spiro atoms. The van der Waals surface area contributed by atoms with E-state index >= 15 is 0 Å². The summed E-state index contributed by atoms with van der Waals surface area (Å²) in [6.45, 7) is 4.04. The van der Waals surface area contributed by atoms with Crippen molar-refractivity contribution in [3.8, 4) is 0 Å². The second kappa shape index (κ2) is 4.76. The van der Waals surface area contributed by atoms with Gasteiger partial charge in [0.2, 0.25) is 0 Å². The standard InChI is InChI=1S/C15H20N2OS/c1-9-3-2-4-11(15(16)19)14(9)17-7-10-5-6-13(18)12(10)8-17/h2-4,10,12-13,18H,5-8H2,1H3,(H2,16,19). The van der Waals surface area contributed by atoms with Crippen LogP contribution in [0.25, 0.3) is 0 Å². The van der Waals surface area contributed by atoms with Gasteiger partial charge in [0.1, 0.15) is 4.99 Å². The molecule has 3 atom stereocenters. The number of para-hydroxylation sites is 1. The molecule has 0 radical (unpaired) electrons. The molecule has 1 saturated carbocycles. The zero-order valence-corrected chi connectivity index (χ0v) is 12.0. The molecule has 3 unspecified atom stereocenters. The van der Waals surface area contributed by atoms with E-state index in [0.29, 0.717) is 16.8 Å². The van der Waals surface area contributed by atoms with Crippen LogP contribution in [0.2, 0.25) is 0 Å². The Balaban J connectivity index is 1.94. The van der Waals surface area contributed by atoms with Crippen LogP contribution in [0.5, 0.6) is 0 Å². The fraction of sp³-hybridized carbons (Fsp3) is 0.533. The van der Waals surface area contributed by atoms with Crippen LogP contribution in [0.3, 0.4) is 0 Å². The van der Waals surface area contributed by atoms with Gasteiger partial charge in [-0.05, 0) is 37.3 Å². The largest absolute Gasteiger partial charge is 0.393 e. The van der Waals surface area contributed by atoms with E-state index in [-0.39, 0.29) is 6.10 Å². The van der Waals surface area contributed by atoms with E-state index < -0.39 is 0 Å². The van der Waals surface area contributed by atoms with Gasteiger partial charge in [0.15, 0.2) is 0 Å². The van der Waals surface area contributed by atoms with Crippen LogP contribution in [-0.4, -0.2) is 29.3 Å². The summed E-state index contributed by atoms with van der Waals surface area (Å²) in [5.74, 6) is 1.03. The Bertz CT molecular complexity index is 517. The number of hydrogen-bond acceptors (Lipinski definition) is 3. The highest BCUT2D eigenvalue weighted by Crippen LogP contribution is 2.41. The fourth-order valence-electron chi connectivity index (χ4n) is 3.70. The zero-order chi connectivity index (χ0) is 13.6. The summed E-state index contributed by atoms with van der Waals surface area (Å²) in [4.78, 5) is 2.82. The summed E-state index contributed by atoms with van der Waals surface area (Å²) >= 11 is 5.17. The quantitative estimate of drug-likeness (QED) is 0.809. The molecule has 1 aromatic carbocycles. The summed E-state index contributed by atoms with van der Waals surface area (Å²) in [6.07, 6.45) is 1.96. The maximum atomic E-state index is 10.0. The smallest absolute Gasteiger partial charge is 0.106 e. The highest BCUT2D eigenvalue weighted by Gasteiger charge is 2.42. The number of hydrogen-bond donors (Lipinski definition) is 2. The lowest BCUT2D eigenvalue weighted by Gasteiger charge is -2.25. The van der Waals surface area contributed by atoms with Crippen molar-refractivity contribution in [2.45, 2.75) is 25.9 Å². The van der Waals surface area contributed by atoms with Gasteiger partial charge in [-0.2, -0.15) is 0 Å². The van der Waals surface area contributed by atoms with Crippen molar-refractivity contribution < 1.29 is 5.11 Å². The Morgan fingerprint density at radius 2 is 2.16 bits per heavy atom. The lowest BCUT2D eigenvalue weighted by atomic mass is 10.00. The van der Waals surface area contributed by atoms with Gasteiger partial charge in [0.05, 0.1) is 6.10 Å². The van der Waals surface area contributed by atoms with Crippen LogP contribution in [0.4, 0.5) is 5.69 Å². The molecule has 3 rings (SSSR count). The van der Waals surface area contributed by atoms with Crippen molar-refractivity contribution in [3.63, 3.8) is 0 Å². The molecule has 0 amide bonds. The average molecular weight is 276 g/mol. The van der Waals surface area contributed by atoms with Gasteiger partial charge in [0.25, 0.3) is 0 Å². The summed E-state index contributed by atoms with van der Waals surface area (Å²) in [5, 5.41) is 10.0. The average Bonchev–Trinajstić information content (AvgIpc) is 2.91. The second-order valence-corrected chi connectivity index (χ2v) is 6.25. The van der Waals surface area contributed by atoms with Crippen molar-refractivity contribution in [2.75, 3.05) is 18.0 Å². The number of rotatable bonds is 2. The van der Waals surface area contributed by atoms with Gasteiger partial charge >= 0.3 is 0 Å². The van der Waals surface area contributed by atoms with E-state index in [1.807, 2.05) is 12.1 Å². The molecule has 19 heavy (non-hydrogen) atoms. The van der Waals surface area contributed by atoms with Crippen LogP contribution in [-0.2, 0) is 0 Å². The maximum Gasteiger partial charge on any atom is 0.106 e. The summed E-state index contributed by atoms with van der Waals surface area (Å²) in [5.41, 5.74) is 9.18. The first-order valence-corrected chi connectivity index (χ1v) is 7.31. The number of fused-ring (bicyclic) bond motifs is 1. The first-order chi connectivity index (χ1) is 9.08. The number of nitrogens with two attached hydrogens (primary N) is 1. The van der Waals surface area contributed by atoms with Gasteiger partial charge in [-0.1, -0.05) is 24.4 Å². The van der Waals surface area contributed by atoms with Crippen molar-refractivity contribution in [2.24, 2.45) is 17.6 Å². The summed E-state index contributed by atoms with van der Waals surface area (Å²) in [7, 11) is 0. The van der Waals surface area contributed by atoms with Gasteiger partial charge in [-0.3, -0.25) is 0 Å². The molecule has 1 aromatic rings. The van der Waals surface area contributed by atoms with Crippen molar-refractivity contribution in [3.05, 3.63) is 29.3 Å². The molecule has 3 nitrogen and oxygen atoms in total. The number of benzene rings is 1.